The fraction of sp³-hybridized carbons (Fsp3) is 0.455. The van der Waals surface area contributed by atoms with Crippen molar-refractivity contribution in [1.29, 1.82) is 0 Å². The zero-order valence-corrected chi connectivity index (χ0v) is 10.7. The van der Waals surface area contributed by atoms with Crippen LogP contribution in [-0.2, 0) is 15.4 Å². The summed E-state index contributed by atoms with van der Waals surface area (Å²) in [6.07, 6.45) is 0. The first kappa shape index (κ1) is 13.0. The molecule has 0 spiro atoms. The van der Waals surface area contributed by atoms with Gasteiger partial charge in [0, 0.05) is 5.56 Å². The summed E-state index contributed by atoms with van der Waals surface area (Å²) in [4.78, 5) is 0.0650. The lowest BCUT2D eigenvalue weighted by atomic mass is 9.86. The van der Waals surface area contributed by atoms with E-state index in [-0.39, 0.29) is 16.1 Å². The van der Waals surface area contributed by atoms with E-state index < -0.39 is 10.0 Å². The Labute approximate surface area is 96.2 Å². The number of aromatic hydroxyl groups is 1. The minimum atomic E-state index is -3.74. The monoisotopic (exact) mass is 243 g/mol. The summed E-state index contributed by atoms with van der Waals surface area (Å²) in [6, 6.07) is 2.88. The highest BCUT2D eigenvalue weighted by atomic mass is 32.2. The average molecular weight is 243 g/mol. The Balaban J connectivity index is 3.58. The number of hydrogen-bond acceptors (Lipinski definition) is 3. The summed E-state index contributed by atoms with van der Waals surface area (Å²) < 4.78 is 22.7. The first-order chi connectivity index (χ1) is 7.03. The van der Waals surface area contributed by atoms with Crippen molar-refractivity contribution in [3.63, 3.8) is 0 Å². The van der Waals surface area contributed by atoms with Crippen LogP contribution < -0.4 is 5.14 Å². The van der Waals surface area contributed by atoms with Gasteiger partial charge in [-0.1, -0.05) is 20.8 Å². The van der Waals surface area contributed by atoms with E-state index in [1.54, 1.807) is 6.92 Å². The number of aryl methyl sites for hydroxylation is 1. The normalized spacial score (nSPS) is 12.8. The van der Waals surface area contributed by atoms with Crippen LogP contribution in [-0.4, -0.2) is 13.5 Å². The fourth-order valence-electron chi connectivity index (χ4n) is 1.58. The van der Waals surface area contributed by atoms with Gasteiger partial charge < -0.3 is 5.11 Å². The molecule has 1 rings (SSSR count). The minimum absolute atomic E-state index is 0.0650. The van der Waals surface area contributed by atoms with Gasteiger partial charge in [-0.3, -0.25) is 0 Å². The van der Waals surface area contributed by atoms with Crippen LogP contribution in [0.25, 0.3) is 0 Å². The zero-order valence-electron chi connectivity index (χ0n) is 9.90. The predicted octanol–water partition coefficient (Wildman–Crippen LogP) is 1.65. The van der Waals surface area contributed by atoms with Crippen LogP contribution in [0.15, 0.2) is 17.0 Å². The maximum Gasteiger partial charge on any atom is 0.238 e. The second-order valence-electron chi connectivity index (χ2n) is 4.93. The number of sulfonamides is 1. The molecule has 0 aliphatic rings. The van der Waals surface area contributed by atoms with Crippen LogP contribution in [0.4, 0.5) is 0 Å². The Morgan fingerprint density at radius 3 is 2.12 bits per heavy atom. The molecule has 0 aromatic heterocycles. The van der Waals surface area contributed by atoms with Gasteiger partial charge in [0.2, 0.25) is 10.0 Å². The molecule has 1 aromatic carbocycles. The molecule has 0 bridgehead atoms. The lowest BCUT2D eigenvalue weighted by Crippen LogP contribution is -2.17. The lowest BCUT2D eigenvalue weighted by molar-refractivity contribution is 0.445. The molecule has 0 heterocycles. The van der Waals surface area contributed by atoms with Gasteiger partial charge >= 0.3 is 0 Å². The molecule has 4 nitrogen and oxygen atoms in total. The van der Waals surface area contributed by atoms with Gasteiger partial charge in [-0.05, 0) is 30.0 Å². The molecule has 0 fully saturated rings. The van der Waals surface area contributed by atoms with Gasteiger partial charge in [-0.15, -0.1) is 0 Å². The minimum Gasteiger partial charge on any atom is -0.508 e. The van der Waals surface area contributed by atoms with Crippen molar-refractivity contribution in [3.05, 3.63) is 23.3 Å². The van der Waals surface area contributed by atoms with Gasteiger partial charge in [0.15, 0.2) is 0 Å². The highest BCUT2D eigenvalue weighted by molar-refractivity contribution is 7.89. The summed E-state index contributed by atoms with van der Waals surface area (Å²) in [5.74, 6) is 0.0948. The molecule has 0 atom stereocenters. The Morgan fingerprint density at radius 1 is 1.25 bits per heavy atom. The number of rotatable bonds is 1. The molecular formula is C11H17NO3S. The van der Waals surface area contributed by atoms with Gasteiger partial charge in [-0.25, -0.2) is 13.6 Å². The summed E-state index contributed by atoms with van der Waals surface area (Å²) in [6.45, 7) is 7.28. The smallest absolute Gasteiger partial charge is 0.238 e. The molecule has 0 unspecified atom stereocenters. The van der Waals surface area contributed by atoms with Crippen molar-refractivity contribution in [2.75, 3.05) is 0 Å². The molecule has 90 valence electrons. The van der Waals surface area contributed by atoms with Crippen LogP contribution in [0.2, 0.25) is 0 Å². The standard InChI is InChI=1S/C11H17NO3S/c1-7-5-9(13)8(11(2,3)4)6-10(7)16(12,14)15/h5-6,13H,1-4H3,(H2,12,14,15). The van der Waals surface area contributed by atoms with E-state index in [9.17, 15) is 13.5 Å². The maximum atomic E-state index is 11.3. The zero-order chi connectivity index (χ0) is 12.7. The third-order valence-corrected chi connectivity index (χ3v) is 3.46. The number of benzene rings is 1. The van der Waals surface area contributed by atoms with E-state index in [1.165, 1.54) is 12.1 Å². The molecule has 0 amide bonds. The van der Waals surface area contributed by atoms with Crippen molar-refractivity contribution in [2.45, 2.75) is 38.0 Å². The SMILES string of the molecule is Cc1cc(O)c(C(C)(C)C)cc1S(N)(=O)=O. The molecule has 3 N–H and O–H groups in total. The summed E-state index contributed by atoms with van der Waals surface area (Å²) >= 11 is 0. The predicted molar refractivity (Wildman–Crippen MR) is 62.9 cm³/mol. The second kappa shape index (κ2) is 3.75. The Kier molecular flexibility index (Phi) is 3.04. The third-order valence-electron chi connectivity index (χ3n) is 2.41. The van der Waals surface area contributed by atoms with Crippen LogP contribution in [0, 0.1) is 6.92 Å². The quantitative estimate of drug-likeness (QED) is 0.787. The van der Waals surface area contributed by atoms with Crippen LogP contribution in [0.1, 0.15) is 31.9 Å². The fourth-order valence-corrected chi connectivity index (χ4v) is 2.37. The van der Waals surface area contributed by atoms with Gasteiger partial charge in [0.1, 0.15) is 5.75 Å². The first-order valence-corrected chi connectivity index (χ1v) is 6.45. The van der Waals surface area contributed by atoms with Gasteiger partial charge in [0.05, 0.1) is 4.90 Å². The van der Waals surface area contributed by atoms with Gasteiger partial charge in [-0.2, -0.15) is 0 Å². The molecule has 1 aromatic rings. The molecule has 0 saturated heterocycles. The Hall–Kier alpha value is -1.07. The molecule has 0 saturated carbocycles. The van der Waals surface area contributed by atoms with Crippen molar-refractivity contribution in [2.24, 2.45) is 5.14 Å². The van der Waals surface area contributed by atoms with E-state index >= 15 is 0 Å². The topological polar surface area (TPSA) is 80.4 Å². The number of phenols is 1. The Bertz CT molecular complexity index is 513. The highest BCUT2D eigenvalue weighted by Gasteiger charge is 2.22. The van der Waals surface area contributed by atoms with Gasteiger partial charge in [0.25, 0.3) is 0 Å². The van der Waals surface area contributed by atoms with Crippen LogP contribution >= 0.6 is 0 Å². The third kappa shape index (κ3) is 2.54. The van der Waals surface area contributed by atoms with E-state index in [0.717, 1.165) is 0 Å². The number of primary sulfonamides is 1. The molecular weight excluding hydrogens is 226 g/mol. The molecule has 0 radical (unpaired) electrons. The van der Waals surface area contributed by atoms with E-state index in [1.807, 2.05) is 20.8 Å². The molecule has 5 heteroatoms. The largest absolute Gasteiger partial charge is 0.508 e. The number of hydrogen-bond donors (Lipinski definition) is 2. The number of nitrogens with two attached hydrogens (primary N) is 1. The average Bonchev–Trinajstić information content (AvgIpc) is 1.97. The van der Waals surface area contributed by atoms with E-state index in [2.05, 4.69) is 0 Å². The van der Waals surface area contributed by atoms with Crippen molar-refractivity contribution in [1.82, 2.24) is 0 Å². The van der Waals surface area contributed by atoms with Crippen molar-refractivity contribution < 1.29 is 13.5 Å². The lowest BCUT2D eigenvalue weighted by Gasteiger charge is -2.21. The first-order valence-electron chi connectivity index (χ1n) is 4.90. The van der Waals surface area contributed by atoms with Crippen molar-refractivity contribution in [3.8, 4) is 5.75 Å². The Morgan fingerprint density at radius 2 is 1.75 bits per heavy atom. The van der Waals surface area contributed by atoms with Crippen LogP contribution in [0.5, 0.6) is 5.75 Å². The van der Waals surface area contributed by atoms with Crippen LogP contribution in [0.3, 0.4) is 0 Å². The van der Waals surface area contributed by atoms with E-state index in [4.69, 9.17) is 5.14 Å². The second-order valence-corrected chi connectivity index (χ2v) is 6.46. The molecule has 0 aliphatic carbocycles. The number of phenolic OH excluding ortho intramolecular Hbond substituents is 1. The van der Waals surface area contributed by atoms with Crippen molar-refractivity contribution >= 4 is 10.0 Å². The molecule has 16 heavy (non-hydrogen) atoms. The molecule has 0 aliphatic heterocycles. The summed E-state index contributed by atoms with van der Waals surface area (Å²) in [7, 11) is -3.74. The van der Waals surface area contributed by atoms with E-state index in [0.29, 0.717) is 11.1 Å². The maximum absolute atomic E-state index is 11.3. The highest BCUT2D eigenvalue weighted by Crippen LogP contribution is 2.33. The summed E-state index contributed by atoms with van der Waals surface area (Å²) in [5, 5.41) is 14.9. The summed E-state index contributed by atoms with van der Waals surface area (Å²) in [5.41, 5.74) is 0.687.